The van der Waals surface area contributed by atoms with E-state index in [1.54, 1.807) is 18.7 Å². The van der Waals surface area contributed by atoms with Crippen LogP contribution in [0.4, 0.5) is 5.82 Å². The van der Waals surface area contributed by atoms with Gasteiger partial charge in [0.05, 0.1) is 6.61 Å². The Hall–Kier alpha value is -1.56. The molecule has 1 aromatic heterocycles. The molecule has 1 amide bonds. The maximum absolute atomic E-state index is 11.6. The molecule has 2 N–H and O–H groups in total. The van der Waals surface area contributed by atoms with E-state index in [0.717, 1.165) is 0 Å². The highest BCUT2D eigenvalue weighted by Crippen LogP contribution is 2.03. The molecule has 1 aromatic rings. The first-order valence-corrected chi connectivity index (χ1v) is 5.16. The number of ether oxygens (including phenoxy) is 1. The summed E-state index contributed by atoms with van der Waals surface area (Å²) in [6.45, 7) is 2.82. The lowest BCUT2D eigenvalue weighted by Gasteiger charge is -2.12. The van der Waals surface area contributed by atoms with Gasteiger partial charge in [0.2, 0.25) is 5.91 Å². The molecule has 1 atom stereocenters. The first kappa shape index (κ1) is 12.5. The van der Waals surface area contributed by atoms with E-state index in [0.29, 0.717) is 19.0 Å². The van der Waals surface area contributed by atoms with Crippen LogP contribution in [0.3, 0.4) is 0 Å². The van der Waals surface area contributed by atoms with Gasteiger partial charge < -0.3 is 15.4 Å². The zero-order chi connectivity index (χ0) is 12.0. The minimum absolute atomic E-state index is 0.0669. The molecule has 0 radical (unpaired) electrons. The third kappa shape index (κ3) is 3.90. The molecule has 6 heteroatoms. The van der Waals surface area contributed by atoms with Crippen molar-refractivity contribution in [1.82, 2.24) is 15.1 Å². The van der Waals surface area contributed by atoms with Crippen LogP contribution in [0.2, 0.25) is 0 Å². The van der Waals surface area contributed by atoms with Gasteiger partial charge in [0.1, 0.15) is 11.9 Å². The quantitative estimate of drug-likeness (QED) is 0.669. The third-order valence-corrected chi connectivity index (χ3v) is 2.08. The highest BCUT2D eigenvalue weighted by atomic mass is 16.5. The largest absolute Gasteiger partial charge is 0.383 e. The maximum Gasteiger partial charge on any atom is 0.242 e. The topological polar surface area (TPSA) is 68.2 Å². The van der Waals surface area contributed by atoms with Gasteiger partial charge in [-0.1, -0.05) is 0 Å². The van der Waals surface area contributed by atoms with Crippen molar-refractivity contribution in [2.45, 2.75) is 13.0 Å². The number of nitrogens with one attached hydrogen (secondary N) is 2. The molecule has 1 heterocycles. The number of methoxy groups -OCH3 is 1. The molecule has 0 aliphatic rings. The van der Waals surface area contributed by atoms with Crippen molar-refractivity contribution < 1.29 is 9.53 Å². The van der Waals surface area contributed by atoms with E-state index in [9.17, 15) is 4.79 Å². The van der Waals surface area contributed by atoms with Gasteiger partial charge in [-0.15, -0.1) is 0 Å². The molecule has 0 bridgehead atoms. The van der Waals surface area contributed by atoms with Gasteiger partial charge in [0.25, 0.3) is 0 Å². The summed E-state index contributed by atoms with van der Waals surface area (Å²) in [6.07, 6.45) is 1.82. The van der Waals surface area contributed by atoms with Crippen molar-refractivity contribution in [3.63, 3.8) is 0 Å². The fourth-order valence-corrected chi connectivity index (χ4v) is 1.21. The zero-order valence-electron chi connectivity index (χ0n) is 9.86. The van der Waals surface area contributed by atoms with E-state index >= 15 is 0 Å². The van der Waals surface area contributed by atoms with Crippen LogP contribution in [0.5, 0.6) is 0 Å². The number of carbonyl (C=O) groups is 1. The number of hydrogen-bond donors (Lipinski definition) is 2. The number of rotatable bonds is 6. The fraction of sp³-hybridized carbons (Fsp3) is 0.600. The van der Waals surface area contributed by atoms with Crippen molar-refractivity contribution in [1.29, 1.82) is 0 Å². The van der Waals surface area contributed by atoms with Gasteiger partial charge in [-0.3, -0.25) is 9.48 Å². The Balaban J connectivity index is 2.34. The molecule has 1 unspecified atom stereocenters. The smallest absolute Gasteiger partial charge is 0.242 e. The minimum Gasteiger partial charge on any atom is -0.383 e. The van der Waals surface area contributed by atoms with Gasteiger partial charge in [-0.25, -0.2) is 0 Å². The average Bonchev–Trinajstić information content (AvgIpc) is 2.64. The number of hydrogen-bond acceptors (Lipinski definition) is 4. The SMILES string of the molecule is COCCNC(=O)C(C)Nc1ccn(C)n1. The van der Waals surface area contributed by atoms with Gasteiger partial charge in [0, 0.05) is 33.0 Å². The van der Waals surface area contributed by atoms with Gasteiger partial charge in [-0.05, 0) is 6.92 Å². The molecule has 0 spiro atoms. The maximum atomic E-state index is 11.6. The number of anilines is 1. The molecule has 0 fully saturated rings. The highest BCUT2D eigenvalue weighted by Gasteiger charge is 2.12. The van der Waals surface area contributed by atoms with Gasteiger partial charge in [0.15, 0.2) is 0 Å². The summed E-state index contributed by atoms with van der Waals surface area (Å²) in [5, 5.41) is 9.88. The Labute approximate surface area is 95.0 Å². The molecule has 6 nitrogen and oxygen atoms in total. The van der Waals surface area contributed by atoms with Crippen molar-refractivity contribution in [2.24, 2.45) is 7.05 Å². The molecule has 0 aromatic carbocycles. The predicted octanol–water partition coefficient (Wildman–Crippen LogP) is -0.0169. The van der Waals surface area contributed by atoms with E-state index in [4.69, 9.17) is 4.74 Å². The van der Waals surface area contributed by atoms with Gasteiger partial charge in [-0.2, -0.15) is 5.10 Å². The van der Waals surface area contributed by atoms with Crippen molar-refractivity contribution >= 4 is 11.7 Å². The monoisotopic (exact) mass is 226 g/mol. The summed E-state index contributed by atoms with van der Waals surface area (Å²) in [5.74, 6) is 0.625. The van der Waals surface area contributed by atoms with Gasteiger partial charge >= 0.3 is 0 Å². The second kappa shape index (κ2) is 6.12. The molecule has 0 aliphatic carbocycles. The van der Waals surface area contributed by atoms with Crippen LogP contribution in [0.25, 0.3) is 0 Å². The Bertz CT molecular complexity index is 337. The number of amides is 1. The van der Waals surface area contributed by atoms with Crippen molar-refractivity contribution in [2.75, 3.05) is 25.6 Å². The predicted molar refractivity (Wildman–Crippen MR) is 61.2 cm³/mol. The number of nitrogens with zero attached hydrogens (tertiary/aromatic N) is 2. The molecular formula is C10H18N4O2. The zero-order valence-corrected chi connectivity index (χ0v) is 9.86. The van der Waals surface area contributed by atoms with E-state index in [1.807, 2.05) is 19.3 Å². The summed E-state index contributed by atoms with van der Waals surface area (Å²) in [4.78, 5) is 11.6. The van der Waals surface area contributed by atoms with Crippen LogP contribution in [0.1, 0.15) is 6.92 Å². The van der Waals surface area contributed by atoms with E-state index < -0.39 is 0 Å². The van der Waals surface area contributed by atoms with E-state index in [2.05, 4.69) is 15.7 Å². The average molecular weight is 226 g/mol. The van der Waals surface area contributed by atoms with E-state index in [1.165, 1.54) is 0 Å². The van der Waals surface area contributed by atoms with Crippen molar-refractivity contribution in [3.8, 4) is 0 Å². The number of carbonyl (C=O) groups excluding carboxylic acids is 1. The van der Waals surface area contributed by atoms with E-state index in [-0.39, 0.29) is 11.9 Å². The summed E-state index contributed by atoms with van der Waals surface area (Å²) in [5.41, 5.74) is 0. The number of aromatic nitrogens is 2. The first-order valence-electron chi connectivity index (χ1n) is 5.16. The summed E-state index contributed by atoms with van der Waals surface area (Å²) < 4.78 is 6.52. The van der Waals surface area contributed by atoms with Crippen LogP contribution < -0.4 is 10.6 Å². The summed E-state index contributed by atoms with van der Waals surface area (Å²) in [7, 11) is 3.43. The lowest BCUT2D eigenvalue weighted by atomic mass is 10.3. The highest BCUT2D eigenvalue weighted by molar-refractivity contribution is 5.83. The Morgan fingerprint density at radius 2 is 2.44 bits per heavy atom. The molecule has 90 valence electrons. The lowest BCUT2D eigenvalue weighted by Crippen LogP contribution is -2.39. The van der Waals surface area contributed by atoms with Crippen LogP contribution in [-0.4, -0.2) is 42.0 Å². The van der Waals surface area contributed by atoms with Crippen LogP contribution >= 0.6 is 0 Å². The Kier molecular flexibility index (Phi) is 4.78. The summed E-state index contributed by atoms with van der Waals surface area (Å²) >= 11 is 0. The second-order valence-corrected chi connectivity index (χ2v) is 3.52. The standard InChI is InChI=1S/C10H18N4O2/c1-8(10(15)11-5-7-16-3)12-9-4-6-14(2)13-9/h4,6,8H,5,7H2,1-3H3,(H,11,15)(H,12,13). The first-order chi connectivity index (χ1) is 7.63. The number of aryl methyl sites for hydroxylation is 1. The van der Waals surface area contributed by atoms with Crippen LogP contribution in [0, 0.1) is 0 Å². The molecule has 0 saturated carbocycles. The normalized spacial score (nSPS) is 12.2. The molecule has 0 aliphatic heterocycles. The van der Waals surface area contributed by atoms with Crippen LogP contribution in [0.15, 0.2) is 12.3 Å². The Morgan fingerprint density at radius 3 is 3.00 bits per heavy atom. The molecule has 16 heavy (non-hydrogen) atoms. The third-order valence-electron chi connectivity index (χ3n) is 2.08. The Morgan fingerprint density at radius 1 is 1.69 bits per heavy atom. The molecule has 0 saturated heterocycles. The lowest BCUT2D eigenvalue weighted by molar-refractivity contribution is -0.121. The summed E-state index contributed by atoms with van der Waals surface area (Å²) in [6, 6.07) is 1.51. The fourth-order valence-electron chi connectivity index (χ4n) is 1.21. The minimum atomic E-state index is -0.313. The van der Waals surface area contributed by atoms with Crippen molar-refractivity contribution in [3.05, 3.63) is 12.3 Å². The molecular weight excluding hydrogens is 208 g/mol. The molecule has 1 rings (SSSR count). The van der Waals surface area contributed by atoms with Crippen LogP contribution in [-0.2, 0) is 16.6 Å². The second-order valence-electron chi connectivity index (χ2n) is 3.52.